The maximum atomic E-state index is 11.0. The lowest BCUT2D eigenvalue weighted by atomic mass is 10.3. The van der Waals surface area contributed by atoms with Crippen molar-refractivity contribution in [3.05, 3.63) is 30.7 Å². The molecule has 0 unspecified atom stereocenters. The number of hydrogen-bond acceptors (Lipinski definition) is 3. The van der Waals surface area contributed by atoms with Crippen LogP contribution in [0.15, 0.2) is 30.7 Å². The highest BCUT2D eigenvalue weighted by Gasteiger charge is 2.03. The third kappa shape index (κ3) is 1.98. The summed E-state index contributed by atoms with van der Waals surface area (Å²) in [5.74, 6) is -0.194. The number of pyridine rings is 1. The van der Waals surface area contributed by atoms with Crippen LogP contribution in [0.25, 0.3) is 10.9 Å². The minimum absolute atomic E-state index is 0.194. The zero-order chi connectivity index (χ0) is 10.7. The van der Waals surface area contributed by atoms with Crippen molar-refractivity contribution < 1.29 is 9.53 Å². The Morgan fingerprint density at radius 1 is 1.53 bits per heavy atom. The van der Waals surface area contributed by atoms with Crippen molar-refractivity contribution in [3.8, 4) is 0 Å². The van der Waals surface area contributed by atoms with Gasteiger partial charge in [0.2, 0.25) is 0 Å². The minimum atomic E-state index is -0.194. The first kappa shape index (κ1) is 9.71. The molecule has 4 nitrogen and oxygen atoms in total. The largest absolute Gasteiger partial charge is 0.469 e. The zero-order valence-electron chi connectivity index (χ0n) is 8.51. The molecule has 0 saturated carbocycles. The number of aryl methyl sites for hydroxylation is 1. The molecule has 4 heteroatoms. The molecule has 2 aromatic heterocycles. The Hall–Kier alpha value is -1.84. The number of rotatable bonds is 3. The van der Waals surface area contributed by atoms with E-state index in [0.29, 0.717) is 13.0 Å². The topological polar surface area (TPSA) is 44.1 Å². The Morgan fingerprint density at radius 2 is 2.40 bits per heavy atom. The molecular weight excluding hydrogens is 192 g/mol. The van der Waals surface area contributed by atoms with Gasteiger partial charge in [-0.2, -0.15) is 0 Å². The Morgan fingerprint density at radius 3 is 3.20 bits per heavy atom. The van der Waals surface area contributed by atoms with E-state index < -0.39 is 0 Å². The Kier molecular flexibility index (Phi) is 2.67. The first-order chi connectivity index (χ1) is 7.31. The minimum Gasteiger partial charge on any atom is -0.469 e. The molecule has 0 aromatic carbocycles. The lowest BCUT2D eigenvalue weighted by Gasteiger charge is -2.03. The lowest BCUT2D eigenvalue weighted by Crippen LogP contribution is -2.06. The quantitative estimate of drug-likeness (QED) is 0.713. The van der Waals surface area contributed by atoms with Gasteiger partial charge in [0.1, 0.15) is 0 Å². The van der Waals surface area contributed by atoms with E-state index >= 15 is 0 Å². The van der Waals surface area contributed by atoms with Crippen LogP contribution < -0.4 is 0 Å². The fourth-order valence-corrected chi connectivity index (χ4v) is 1.54. The molecule has 0 fully saturated rings. The van der Waals surface area contributed by atoms with Gasteiger partial charge in [0, 0.05) is 24.3 Å². The Bertz CT molecular complexity index is 476. The molecule has 2 rings (SSSR count). The van der Waals surface area contributed by atoms with Crippen LogP contribution in [0.1, 0.15) is 6.42 Å². The highest BCUT2D eigenvalue weighted by Crippen LogP contribution is 2.13. The second-order valence-electron chi connectivity index (χ2n) is 3.27. The second-order valence-corrected chi connectivity index (χ2v) is 3.27. The van der Waals surface area contributed by atoms with Crippen LogP contribution in [-0.2, 0) is 16.1 Å². The summed E-state index contributed by atoms with van der Waals surface area (Å²) in [7, 11) is 1.40. The molecule has 0 aliphatic rings. The zero-order valence-corrected chi connectivity index (χ0v) is 8.51. The van der Waals surface area contributed by atoms with Crippen LogP contribution in [0.2, 0.25) is 0 Å². The van der Waals surface area contributed by atoms with Gasteiger partial charge in [-0.1, -0.05) is 0 Å². The molecule has 0 bridgehead atoms. The molecule has 2 aromatic rings. The summed E-state index contributed by atoms with van der Waals surface area (Å²) in [6.07, 6.45) is 5.89. The third-order valence-electron chi connectivity index (χ3n) is 2.36. The Balaban J connectivity index is 2.18. The number of nitrogens with zero attached hydrogens (tertiary/aromatic N) is 2. The number of hydrogen-bond donors (Lipinski definition) is 0. The average molecular weight is 204 g/mol. The van der Waals surface area contributed by atoms with Gasteiger partial charge >= 0.3 is 5.97 Å². The van der Waals surface area contributed by atoms with Gasteiger partial charge in [-0.25, -0.2) is 0 Å². The van der Waals surface area contributed by atoms with Crippen molar-refractivity contribution in [2.75, 3.05) is 7.11 Å². The van der Waals surface area contributed by atoms with Crippen molar-refractivity contribution >= 4 is 16.9 Å². The fourth-order valence-electron chi connectivity index (χ4n) is 1.54. The molecule has 2 heterocycles. The van der Waals surface area contributed by atoms with E-state index in [9.17, 15) is 4.79 Å². The van der Waals surface area contributed by atoms with Gasteiger partial charge in [-0.05, 0) is 12.1 Å². The van der Waals surface area contributed by atoms with Crippen molar-refractivity contribution in [2.45, 2.75) is 13.0 Å². The highest BCUT2D eigenvalue weighted by molar-refractivity contribution is 5.79. The van der Waals surface area contributed by atoms with Crippen LogP contribution >= 0.6 is 0 Å². The van der Waals surface area contributed by atoms with Crippen molar-refractivity contribution in [1.82, 2.24) is 9.55 Å². The van der Waals surface area contributed by atoms with Crippen LogP contribution in [-0.4, -0.2) is 22.6 Å². The standard InChI is InChI=1S/C11H12N2O2/c1-15-11(14)4-7-13-6-3-9-2-5-12-8-10(9)13/h2-3,5-6,8H,4,7H2,1H3. The highest BCUT2D eigenvalue weighted by atomic mass is 16.5. The smallest absolute Gasteiger partial charge is 0.307 e. The SMILES string of the molecule is COC(=O)CCn1ccc2ccncc21. The first-order valence-corrected chi connectivity index (χ1v) is 4.77. The van der Waals surface area contributed by atoms with Gasteiger partial charge in [0.05, 0.1) is 25.2 Å². The lowest BCUT2D eigenvalue weighted by molar-refractivity contribution is -0.140. The average Bonchev–Trinajstić information content (AvgIpc) is 2.69. The van der Waals surface area contributed by atoms with E-state index in [1.165, 1.54) is 7.11 Å². The summed E-state index contributed by atoms with van der Waals surface area (Å²) in [5.41, 5.74) is 1.04. The molecule has 15 heavy (non-hydrogen) atoms. The number of carbonyl (C=O) groups is 1. The van der Waals surface area contributed by atoms with E-state index in [1.54, 1.807) is 12.4 Å². The summed E-state index contributed by atoms with van der Waals surface area (Å²) >= 11 is 0. The normalized spacial score (nSPS) is 10.5. The van der Waals surface area contributed by atoms with E-state index in [-0.39, 0.29) is 5.97 Å². The third-order valence-corrected chi connectivity index (χ3v) is 2.36. The summed E-state index contributed by atoms with van der Waals surface area (Å²) in [6, 6.07) is 3.96. The van der Waals surface area contributed by atoms with Gasteiger partial charge in [0.25, 0.3) is 0 Å². The molecule has 0 aliphatic carbocycles. The van der Waals surface area contributed by atoms with Crippen molar-refractivity contribution in [2.24, 2.45) is 0 Å². The van der Waals surface area contributed by atoms with Crippen molar-refractivity contribution in [3.63, 3.8) is 0 Å². The molecule has 0 saturated heterocycles. The summed E-state index contributed by atoms with van der Waals surface area (Å²) in [6.45, 7) is 0.627. The second kappa shape index (κ2) is 4.13. The number of methoxy groups -OCH3 is 1. The summed E-state index contributed by atoms with van der Waals surface area (Å²) in [5, 5.41) is 1.13. The van der Waals surface area contributed by atoms with E-state index in [2.05, 4.69) is 9.72 Å². The number of fused-ring (bicyclic) bond motifs is 1. The molecule has 0 spiro atoms. The first-order valence-electron chi connectivity index (χ1n) is 4.77. The monoisotopic (exact) mass is 204 g/mol. The molecule has 0 radical (unpaired) electrons. The van der Waals surface area contributed by atoms with E-state index in [0.717, 1.165) is 10.9 Å². The maximum absolute atomic E-state index is 11.0. The van der Waals surface area contributed by atoms with Gasteiger partial charge in [-0.15, -0.1) is 0 Å². The number of ether oxygens (including phenoxy) is 1. The molecule has 0 amide bonds. The molecule has 0 aliphatic heterocycles. The molecular formula is C11H12N2O2. The van der Waals surface area contributed by atoms with Crippen LogP contribution in [0.3, 0.4) is 0 Å². The fraction of sp³-hybridized carbons (Fsp3) is 0.273. The summed E-state index contributed by atoms with van der Waals surface area (Å²) in [4.78, 5) is 15.0. The van der Waals surface area contributed by atoms with E-state index in [1.807, 2.05) is 22.9 Å². The number of esters is 1. The molecule has 0 N–H and O–H groups in total. The van der Waals surface area contributed by atoms with Gasteiger partial charge in [-0.3, -0.25) is 9.78 Å². The van der Waals surface area contributed by atoms with Crippen molar-refractivity contribution in [1.29, 1.82) is 0 Å². The van der Waals surface area contributed by atoms with Crippen LogP contribution in [0.5, 0.6) is 0 Å². The predicted molar refractivity (Wildman–Crippen MR) is 56.4 cm³/mol. The van der Waals surface area contributed by atoms with Crippen LogP contribution in [0, 0.1) is 0 Å². The van der Waals surface area contributed by atoms with Gasteiger partial charge < -0.3 is 9.30 Å². The molecule has 78 valence electrons. The molecule has 0 atom stereocenters. The summed E-state index contributed by atoms with van der Waals surface area (Å²) < 4.78 is 6.59. The Labute approximate surface area is 87.5 Å². The number of aromatic nitrogens is 2. The van der Waals surface area contributed by atoms with Crippen LogP contribution in [0.4, 0.5) is 0 Å². The predicted octanol–water partition coefficient (Wildman–Crippen LogP) is 1.60. The van der Waals surface area contributed by atoms with Gasteiger partial charge in [0.15, 0.2) is 0 Å². The number of carbonyl (C=O) groups excluding carboxylic acids is 1. The van der Waals surface area contributed by atoms with E-state index in [4.69, 9.17) is 0 Å². The maximum Gasteiger partial charge on any atom is 0.307 e.